The number of aromatic nitrogens is 1. The summed E-state index contributed by atoms with van der Waals surface area (Å²) in [6.07, 6.45) is 0.805. The van der Waals surface area contributed by atoms with E-state index in [0.29, 0.717) is 55.7 Å². The number of ether oxygens (including phenoxy) is 1. The molecule has 1 amide bonds. The third-order valence-corrected chi connectivity index (χ3v) is 7.70. The maximum atomic E-state index is 15.7. The lowest BCUT2D eigenvalue weighted by molar-refractivity contribution is -0.143. The Balaban J connectivity index is 1.39. The Labute approximate surface area is 228 Å². The number of methoxy groups -OCH3 is 1. The second-order valence-electron chi connectivity index (χ2n) is 9.65. The van der Waals surface area contributed by atoms with Crippen molar-refractivity contribution >= 4 is 34.1 Å². The molecule has 1 saturated heterocycles. The summed E-state index contributed by atoms with van der Waals surface area (Å²) >= 11 is 6.34. The zero-order valence-electron chi connectivity index (χ0n) is 21.2. The zero-order valence-corrected chi connectivity index (χ0v) is 22.0. The third kappa shape index (κ3) is 6.37. The number of hydrogen-bond donors (Lipinski definition) is 3. The fourth-order valence-corrected chi connectivity index (χ4v) is 5.36. The van der Waals surface area contributed by atoms with Crippen LogP contribution in [0.25, 0.3) is 10.9 Å². The van der Waals surface area contributed by atoms with Gasteiger partial charge in [-0.05, 0) is 57.0 Å². The number of piperidine rings is 1. The van der Waals surface area contributed by atoms with Gasteiger partial charge in [0.15, 0.2) is 17.5 Å². The lowest BCUT2D eigenvalue weighted by atomic mass is 9.73. The Morgan fingerprint density at radius 2 is 1.90 bits per heavy atom. The summed E-state index contributed by atoms with van der Waals surface area (Å²) in [6.45, 7) is 1.78. The van der Waals surface area contributed by atoms with Gasteiger partial charge in [0.25, 0.3) is 0 Å². The number of carbonyl (C=O) groups is 1. The quantitative estimate of drug-likeness (QED) is 0.124. The topological polar surface area (TPSA) is 86.7 Å². The summed E-state index contributed by atoms with van der Waals surface area (Å²) in [5.74, 6) is -4.11. The Morgan fingerprint density at radius 1 is 1.21 bits per heavy atom. The SMILES string of the molecule is COc1ccc2ncc(Cl)c(C(F)CCC3(C(=O)NO)CCN(CCNc4cc(F)c(F)c(F)c4)CC3)c2c1. The van der Waals surface area contributed by atoms with Crippen molar-refractivity contribution in [2.24, 2.45) is 5.41 Å². The maximum Gasteiger partial charge on any atom is 0.249 e. The number of nitrogens with one attached hydrogen (secondary N) is 2. The summed E-state index contributed by atoms with van der Waals surface area (Å²) in [5.41, 5.74) is 1.71. The first-order valence-corrected chi connectivity index (χ1v) is 12.9. The standard InChI is InChI=1S/C27H29ClF4N4O3/c1-39-17-2-3-23-18(14-17)24(19(28)15-34-23)20(29)4-5-27(26(37)35-38)6-9-36(10-7-27)11-8-33-16-12-21(30)25(32)22(31)13-16/h2-3,12-15,20,33,38H,4-11H2,1H3,(H,35,37). The Kier molecular flexibility index (Phi) is 9.14. The molecule has 210 valence electrons. The molecule has 1 aromatic heterocycles. The number of amides is 1. The van der Waals surface area contributed by atoms with Crippen molar-refractivity contribution in [3.8, 4) is 5.75 Å². The van der Waals surface area contributed by atoms with E-state index in [2.05, 4.69) is 10.3 Å². The van der Waals surface area contributed by atoms with E-state index in [-0.39, 0.29) is 29.1 Å². The molecule has 2 heterocycles. The maximum absolute atomic E-state index is 15.7. The van der Waals surface area contributed by atoms with Gasteiger partial charge in [-0.1, -0.05) is 11.6 Å². The van der Waals surface area contributed by atoms with Gasteiger partial charge in [-0.25, -0.2) is 23.0 Å². The number of hydrogen-bond acceptors (Lipinski definition) is 6. The van der Waals surface area contributed by atoms with Gasteiger partial charge in [-0.15, -0.1) is 0 Å². The van der Waals surface area contributed by atoms with Gasteiger partial charge in [0.05, 0.1) is 23.1 Å². The molecule has 0 aliphatic carbocycles. The highest BCUT2D eigenvalue weighted by Crippen LogP contribution is 2.42. The monoisotopic (exact) mass is 568 g/mol. The third-order valence-electron chi connectivity index (χ3n) is 7.40. The molecular weight excluding hydrogens is 540 g/mol. The van der Waals surface area contributed by atoms with E-state index in [1.165, 1.54) is 13.3 Å². The van der Waals surface area contributed by atoms with Gasteiger partial charge in [0.2, 0.25) is 5.91 Å². The predicted molar refractivity (Wildman–Crippen MR) is 139 cm³/mol. The molecule has 1 aliphatic heterocycles. The summed E-state index contributed by atoms with van der Waals surface area (Å²) in [7, 11) is 1.51. The number of hydroxylamine groups is 1. The van der Waals surface area contributed by atoms with Crippen molar-refractivity contribution in [1.82, 2.24) is 15.4 Å². The van der Waals surface area contributed by atoms with Crippen LogP contribution in [0.2, 0.25) is 5.02 Å². The first-order valence-electron chi connectivity index (χ1n) is 12.5. The van der Waals surface area contributed by atoms with Crippen LogP contribution >= 0.6 is 11.6 Å². The molecular formula is C27H29ClF4N4O3. The molecule has 1 atom stereocenters. The van der Waals surface area contributed by atoms with E-state index in [4.69, 9.17) is 16.3 Å². The first kappa shape index (κ1) is 28.8. The lowest BCUT2D eigenvalue weighted by Crippen LogP contribution is -2.49. The highest BCUT2D eigenvalue weighted by Gasteiger charge is 2.41. The van der Waals surface area contributed by atoms with E-state index in [1.54, 1.807) is 23.7 Å². The molecule has 0 radical (unpaired) electrons. The molecule has 7 nitrogen and oxygen atoms in total. The molecule has 2 aromatic carbocycles. The lowest BCUT2D eigenvalue weighted by Gasteiger charge is -2.40. The van der Waals surface area contributed by atoms with Gasteiger partial charge < -0.3 is 15.0 Å². The summed E-state index contributed by atoms with van der Waals surface area (Å²) < 4.78 is 60.9. The number of fused-ring (bicyclic) bond motifs is 1. The molecule has 1 fully saturated rings. The summed E-state index contributed by atoms with van der Waals surface area (Å²) in [4.78, 5) is 19.0. The van der Waals surface area contributed by atoms with E-state index in [1.807, 2.05) is 4.90 Å². The van der Waals surface area contributed by atoms with Gasteiger partial charge in [0.1, 0.15) is 11.9 Å². The van der Waals surface area contributed by atoms with Crippen LogP contribution in [0.1, 0.15) is 37.4 Å². The van der Waals surface area contributed by atoms with E-state index < -0.39 is 34.9 Å². The highest BCUT2D eigenvalue weighted by molar-refractivity contribution is 6.32. The Bertz CT molecular complexity index is 1310. The van der Waals surface area contributed by atoms with Gasteiger partial charge >= 0.3 is 0 Å². The molecule has 39 heavy (non-hydrogen) atoms. The molecule has 3 N–H and O–H groups in total. The summed E-state index contributed by atoms with van der Waals surface area (Å²) in [5, 5.41) is 13.0. The van der Waals surface area contributed by atoms with Crippen molar-refractivity contribution in [2.45, 2.75) is 31.9 Å². The molecule has 3 aromatic rings. The minimum atomic E-state index is -1.52. The highest BCUT2D eigenvalue weighted by atomic mass is 35.5. The van der Waals surface area contributed by atoms with E-state index in [9.17, 15) is 23.2 Å². The van der Waals surface area contributed by atoms with Gasteiger partial charge in [-0.3, -0.25) is 15.0 Å². The van der Waals surface area contributed by atoms with Crippen LogP contribution in [0.5, 0.6) is 5.75 Å². The van der Waals surface area contributed by atoms with Crippen LogP contribution in [0.3, 0.4) is 0 Å². The van der Waals surface area contributed by atoms with Crippen LogP contribution in [0, 0.1) is 22.9 Å². The average molecular weight is 569 g/mol. The van der Waals surface area contributed by atoms with Crippen LogP contribution in [0.4, 0.5) is 23.2 Å². The van der Waals surface area contributed by atoms with Gasteiger partial charge in [-0.2, -0.15) is 0 Å². The van der Waals surface area contributed by atoms with Gasteiger partial charge in [0, 0.05) is 48.1 Å². The van der Waals surface area contributed by atoms with E-state index >= 15 is 4.39 Å². The first-order chi connectivity index (χ1) is 18.7. The molecule has 0 spiro atoms. The number of halogens is 5. The molecule has 4 rings (SSSR count). The van der Waals surface area contributed by atoms with Crippen LogP contribution < -0.4 is 15.5 Å². The largest absolute Gasteiger partial charge is 0.497 e. The number of carbonyl (C=O) groups excluding carboxylic acids is 1. The van der Waals surface area contributed by atoms with Crippen molar-refractivity contribution in [3.63, 3.8) is 0 Å². The predicted octanol–water partition coefficient (Wildman–Crippen LogP) is 5.80. The van der Waals surface area contributed by atoms with Crippen LogP contribution in [-0.4, -0.2) is 54.3 Å². The Hall–Kier alpha value is -3.15. The number of benzene rings is 2. The number of rotatable bonds is 10. The molecule has 1 aliphatic rings. The zero-order chi connectivity index (χ0) is 28.2. The molecule has 0 saturated carbocycles. The summed E-state index contributed by atoms with van der Waals surface area (Å²) in [6, 6.07) is 6.88. The number of likely N-dealkylation sites (tertiary alicyclic amines) is 1. The average Bonchev–Trinajstić information content (AvgIpc) is 2.94. The van der Waals surface area contributed by atoms with Crippen molar-refractivity contribution in [2.75, 3.05) is 38.6 Å². The molecule has 12 heteroatoms. The number of nitrogens with zero attached hydrogens (tertiary/aromatic N) is 2. The van der Waals surface area contributed by atoms with Crippen molar-refractivity contribution in [1.29, 1.82) is 0 Å². The smallest absolute Gasteiger partial charge is 0.249 e. The van der Waals surface area contributed by atoms with Crippen molar-refractivity contribution < 1.29 is 32.3 Å². The van der Waals surface area contributed by atoms with Crippen molar-refractivity contribution in [3.05, 3.63) is 64.6 Å². The second-order valence-corrected chi connectivity index (χ2v) is 10.1. The minimum Gasteiger partial charge on any atom is -0.497 e. The minimum absolute atomic E-state index is 0.00723. The van der Waals surface area contributed by atoms with Crippen LogP contribution in [-0.2, 0) is 4.79 Å². The number of alkyl halides is 1. The number of anilines is 1. The number of pyridine rings is 1. The van der Waals surface area contributed by atoms with E-state index in [0.717, 1.165) is 12.1 Å². The molecule has 0 bridgehead atoms. The van der Waals surface area contributed by atoms with Crippen LogP contribution in [0.15, 0.2) is 36.5 Å². The fraction of sp³-hybridized carbons (Fsp3) is 0.407. The molecule has 1 unspecified atom stereocenters. The second kappa shape index (κ2) is 12.4. The Morgan fingerprint density at radius 3 is 2.54 bits per heavy atom. The fourth-order valence-electron chi connectivity index (χ4n) is 5.09. The normalized spacial score (nSPS) is 16.2.